The minimum absolute atomic E-state index is 0.303. The molecule has 0 amide bonds. The normalized spacial score (nSPS) is 12.4. The van der Waals surface area contributed by atoms with Crippen LogP contribution in [0.1, 0.15) is 30.5 Å². The van der Waals surface area contributed by atoms with E-state index >= 15 is 0 Å². The van der Waals surface area contributed by atoms with Crippen LogP contribution in [-0.4, -0.2) is 6.54 Å². The lowest BCUT2D eigenvalue weighted by molar-refractivity contribution is 0.547. The van der Waals surface area contributed by atoms with E-state index in [0.717, 1.165) is 23.0 Å². The minimum Gasteiger partial charge on any atom is -0.306 e. The molecule has 0 radical (unpaired) electrons. The van der Waals surface area contributed by atoms with Gasteiger partial charge in [-0.2, -0.15) is 0 Å². The molecule has 1 atom stereocenters. The molecule has 0 fully saturated rings. The van der Waals surface area contributed by atoms with Gasteiger partial charge in [0, 0.05) is 20.1 Å². The van der Waals surface area contributed by atoms with E-state index in [1.165, 1.54) is 6.07 Å². The highest BCUT2D eigenvalue weighted by molar-refractivity contribution is 9.10. The van der Waals surface area contributed by atoms with Gasteiger partial charge in [-0.25, -0.2) is 4.39 Å². The monoisotopic (exact) mass is 389 g/mol. The predicted molar refractivity (Wildman–Crippen MR) is 90.7 cm³/mol. The molecule has 0 aliphatic carbocycles. The average molecular weight is 391 g/mol. The maximum atomic E-state index is 14.2. The Balaban J connectivity index is 2.46. The van der Waals surface area contributed by atoms with Crippen molar-refractivity contribution in [1.82, 2.24) is 5.32 Å². The van der Waals surface area contributed by atoms with Gasteiger partial charge in [0.1, 0.15) is 5.82 Å². The fourth-order valence-corrected chi connectivity index (χ4v) is 3.09. The van der Waals surface area contributed by atoms with Gasteiger partial charge in [-0.1, -0.05) is 58.2 Å². The zero-order valence-corrected chi connectivity index (χ0v) is 14.6. The van der Waals surface area contributed by atoms with E-state index in [1.807, 2.05) is 18.2 Å². The van der Waals surface area contributed by atoms with Crippen LogP contribution < -0.4 is 5.32 Å². The Labute approximate surface area is 142 Å². The number of nitrogens with one attached hydrogen (secondary N) is 1. The van der Waals surface area contributed by atoms with Gasteiger partial charge in [0.2, 0.25) is 0 Å². The zero-order valence-electron chi connectivity index (χ0n) is 11.5. The second kappa shape index (κ2) is 7.59. The molecular weight excluding hydrogens is 376 g/mol. The van der Waals surface area contributed by atoms with E-state index in [4.69, 9.17) is 23.2 Å². The first kappa shape index (κ1) is 16.8. The molecule has 2 rings (SSSR count). The standard InChI is InChI=1S/C16H15BrCl2FN/c1-2-7-21-16(12-5-3-10(17)8-14(12)19)13-6-4-11(18)9-15(13)20/h3-6,8-9,16,21H,2,7H2,1H3. The van der Waals surface area contributed by atoms with Crippen molar-refractivity contribution in [3.8, 4) is 0 Å². The molecule has 0 aromatic heterocycles. The van der Waals surface area contributed by atoms with Gasteiger partial charge in [0.25, 0.3) is 0 Å². The molecule has 0 aliphatic heterocycles. The van der Waals surface area contributed by atoms with E-state index in [-0.39, 0.29) is 11.9 Å². The smallest absolute Gasteiger partial charge is 0.129 e. The number of benzene rings is 2. The molecule has 0 saturated carbocycles. The largest absolute Gasteiger partial charge is 0.306 e. The Morgan fingerprint density at radius 1 is 1.14 bits per heavy atom. The van der Waals surface area contributed by atoms with Crippen molar-refractivity contribution in [2.24, 2.45) is 0 Å². The summed E-state index contributed by atoms with van der Waals surface area (Å²) in [4.78, 5) is 0. The van der Waals surface area contributed by atoms with E-state index in [2.05, 4.69) is 28.2 Å². The van der Waals surface area contributed by atoms with Gasteiger partial charge in [0.05, 0.1) is 6.04 Å². The molecule has 1 nitrogen and oxygen atoms in total. The summed E-state index contributed by atoms with van der Waals surface area (Å²) in [6, 6.07) is 10.0. The van der Waals surface area contributed by atoms with Crippen LogP contribution in [0.4, 0.5) is 4.39 Å². The van der Waals surface area contributed by atoms with E-state index in [0.29, 0.717) is 15.6 Å². The summed E-state index contributed by atoms with van der Waals surface area (Å²) in [6.45, 7) is 2.82. The Kier molecular flexibility index (Phi) is 6.06. The third-order valence-electron chi connectivity index (χ3n) is 3.15. The summed E-state index contributed by atoms with van der Waals surface area (Å²) < 4.78 is 15.1. The second-order valence-corrected chi connectivity index (χ2v) is 6.48. The predicted octanol–water partition coefficient (Wildman–Crippen LogP) is 5.98. The molecule has 2 aromatic rings. The van der Waals surface area contributed by atoms with Gasteiger partial charge in [-0.05, 0) is 42.8 Å². The van der Waals surface area contributed by atoms with Gasteiger partial charge >= 0.3 is 0 Å². The first-order valence-electron chi connectivity index (χ1n) is 6.66. The van der Waals surface area contributed by atoms with Crippen LogP contribution in [0.2, 0.25) is 10.0 Å². The molecule has 1 N–H and O–H groups in total. The molecule has 0 heterocycles. The first-order chi connectivity index (χ1) is 10.0. The van der Waals surface area contributed by atoms with Crippen LogP contribution in [-0.2, 0) is 0 Å². The summed E-state index contributed by atoms with van der Waals surface area (Å²) in [5.41, 5.74) is 1.38. The van der Waals surface area contributed by atoms with E-state index < -0.39 is 0 Å². The lowest BCUT2D eigenvalue weighted by Crippen LogP contribution is -2.24. The number of hydrogen-bond donors (Lipinski definition) is 1. The van der Waals surface area contributed by atoms with Crippen molar-refractivity contribution in [2.75, 3.05) is 6.54 Å². The fraction of sp³-hybridized carbons (Fsp3) is 0.250. The SMILES string of the molecule is CCCNC(c1ccc(Cl)cc1F)c1ccc(Br)cc1Cl. The van der Waals surface area contributed by atoms with Gasteiger partial charge in [-0.15, -0.1) is 0 Å². The molecule has 112 valence electrons. The zero-order chi connectivity index (χ0) is 15.4. The minimum atomic E-state index is -0.338. The summed E-state index contributed by atoms with van der Waals surface area (Å²) in [7, 11) is 0. The lowest BCUT2D eigenvalue weighted by Gasteiger charge is -2.21. The first-order valence-corrected chi connectivity index (χ1v) is 8.21. The van der Waals surface area contributed by atoms with Crippen molar-refractivity contribution in [2.45, 2.75) is 19.4 Å². The summed E-state index contributed by atoms with van der Waals surface area (Å²) in [5.74, 6) is -0.338. The number of rotatable bonds is 5. The molecular formula is C16H15BrCl2FN. The maximum Gasteiger partial charge on any atom is 0.129 e. The van der Waals surface area contributed by atoms with E-state index in [1.54, 1.807) is 12.1 Å². The molecule has 0 spiro atoms. The van der Waals surface area contributed by atoms with Crippen LogP contribution in [0.3, 0.4) is 0 Å². The Bertz CT molecular complexity index is 582. The van der Waals surface area contributed by atoms with Crippen LogP contribution in [0, 0.1) is 5.82 Å². The topological polar surface area (TPSA) is 12.0 Å². The van der Waals surface area contributed by atoms with Crippen molar-refractivity contribution >= 4 is 39.1 Å². The van der Waals surface area contributed by atoms with Gasteiger partial charge < -0.3 is 5.32 Å². The van der Waals surface area contributed by atoms with Gasteiger partial charge in [0.15, 0.2) is 0 Å². The number of halogens is 4. The highest BCUT2D eigenvalue weighted by Crippen LogP contribution is 2.32. The molecule has 1 unspecified atom stereocenters. The van der Waals surface area contributed by atoms with Crippen molar-refractivity contribution in [3.05, 3.63) is 67.9 Å². The highest BCUT2D eigenvalue weighted by atomic mass is 79.9. The Hall–Kier alpha value is -0.610. The van der Waals surface area contributed by atoms with Crippen LogP contribution in [0.15, 0.2) is 40.9 Å². The fourth-order valence-electron chi connectivity index (χ4n) is 2.15. The second-order valence-electron chi connectivity index (χ2n) is 4.72. The molecule has 21 heavy (non-hydrogen) atoms. The Morgan fingerprint density at radius 3 is 2.48 bits per heavy atom. The summed E-state index contributed by atoms with van der Waals surface area (Å²) >= 11 is 15.5. The lowest BCUT2D eigenvalue weighted by atomic mass is 9.98. The Morgan fingerprint density at radius 2 is 1.86 bits per heavy atom. The summed E-state index contributed by atoms with van der Waals surface area (Å²) in [5, 5.41) is 4.31. The molecule has 5 heteroatoms. The van der Waals surface area contributed by atoms with Crippen molar-refractivity contribution < 1.29 is 4.39 Å². The molecule has 0 saturated heterocycles. The maximum absolute atomic E-state index is 14.2. The molecule has 0 bridgehead atoms. The van der Waals surface area contributed by atoms with Crippen LogP contribution in [0.25, 0.3) is 0 Å². The summed E-state index contributed by atoms with van der Waals surface area (Å²) in [6.07, 6.45) is 0.944. The van der Waals surface area contributed by atoms with Gasteiger partial charge in [-0.3, -0.25) is 0 Å². The van der Waals surface area contributed by atoms with Crippen molar-refractivity contribution in [1.29, 1.82) is 0 Å². The molecule has 0 aliphatic rings. The average Bonchev–Trinajstić information content (AvgIpc) is 2.42. The van der Waals surface area contributed by atoms with E-state index in [9.17, 15) is 4.39 Å². The third kappa shape index (κ3) is 4.19. The quantitative estimate of drug-likeness (QED) is 0.661. The molecule has 2 aromatic carbocycles. The van der Waals surface area contributed by atoms with Crippen LogP contribution in [0.5, 0.6) is 0 Å². The van der Waals surface area contributed by atoms with Crippen molar-refractivity contribution in [3.63, 3.8) is 0 Å². The van der Waals surface area contributed by atoms with Crippen LogP contribution >= 0.6 is 39.1 Å². The third-order valence-corrected chi connectivity index (χ3v) is 4.20. The number of hydrogen-bond acceptors (Lipinski definition) is 1. The highest BCUT2D eigenvalue weighted by Gasteiger charge is 2.20.